The SMILES string of the molecule is C=C1CCCC/C1=C/C(=C\C)C(=O)/C(=C/C)C1=C(C)CCCC1.CC.CC.CC.CC. The Morgan fingerprint density at radius 3 is 1.68 bits per heavy atom. The molecule has 0 bridgehead atoms. The molecule has 1 fully saturated rings. The molecule has 0 heterocycles. The van der Waals surface area contributed by atoms with Gasteiger partial charge in [0.05, 0.1) is 0 Å². The second-order valence-corrected chi connectivity index (χ2v) is 6.72. The lowest BCUT2D eigenvalue weighted by Crippen LogP contribution is -2.12. The summed E-state index contributed by atoms with van der Waals surface area (Å²) in [6.07, 6.45) is 15.2. The molecule has 0 amide bonds. The molecule has 0 spiro atoms. The van der Waals surface area contributed by atoms with Crippen molar-refractivity contribution in [2.24, 2.45) is 0 Å². The van der Waals surface area contributed by atoms with E-state index in [0.29, 0.717) is 0 Å². The van der Waals surface area contributed by atoms with Gasteiger partial charge in [0.25, 0.3) is 0 Å². The van der Waals surface area contributed by atoms with Crippen molar-refractivity contribution < 1.29 is 4.79 Å². The molecule has 0 unspecified atom stereocenters. The third-order valence-corrected chi connectivity index (χ3v) is 5.13. The molecule has 0 aromatic rings. The van der Waals surface area contributed by atoms with Crippen molar-refractivity contribution in [3.8, 4) is 0 Å². The molecular weight excluding hydrogens is 376 g/mol. The third kappa shape index (κ3) is 12.1. The van der Waals surface area contributed by atoms with E-state index in [0.717, 1.165) is 36.8 Å². The van der Waals surface area contributed by atoms with Crippen LogP contribution in [0.5, 0.6) is 0 Å². The highest BCUT2D eigenvalue weighted by Gasteiger charge is 2.21. The lowest BCUT2D eigenvalue weighted by Gasteiger charge is -2.21. The highest BCUT2D eigenvalue weighted by atomic mass is 16.1. The van der Waals surface area contributed by atoms with Gasteiger partial charge in [-0.3, -0.25) is 4.79 Å². The fourth-order valence-corrected chi connectivity index (χ4v) is 3.65. The van der Waals surface area contributed by atoms with Gasteiger partial charge in [0.1, 0.15) is 0 Å². The predicted octanol–water partition coefficient (Wildman–Crippen LogP) is 10.5. The van der Waals surface area contributed by atoms with E-state index >= 15 is 0 Å². The van der Waals surface area contributed by atoms with Crippen molar-refractivity contribution in [1.29, 1.82) is 0 Å². The summed E-state index contributed by atoms with van der Waals surface area (Å²) in [6, 6.07) is 0. The van der Waals surface area contributed by atoms with Gasteiger partial charge in [0, 0.05) is 11.1 Å². The van der Waals surface area contributed by atoms with Gasteiger partial charge < -0.3 is 0 Å². The van der Waals surface area contributed by atoms with Gasteiger partial charge in [0.15, 0.2) is 5.78 Å². The second kappa shape index (κ2) is 23.0. The van der Waals surface area contributed by atoms with E-state index in [1.807, 2.05) is 81.4 Å². The first-order valence-corrected chi connectivity index (χ1v) is 13.0. The third-order valence-electron chi connectivity index (χ3n) is 5.13. The van der Waals surface area contributed by atoms with Crippen molar-refractivity contribution in [2.45, 2.75) is 128 Å². The van der Waals surface area contributed by atoms with Crippen molar-refractivity contribution in [1.82, 2.24) is 0 Å². The average molecular weight is 431 g/mol. The summed E-state index contributed by atoms with van der Waals surface area (Å²) >= 11 is 0. The summed E-state index contributed by atoms with van der Waals surface area (Å²) in [4.78, 5) is 13.1. The van der Waals surface area contributed by atoms with Gasteiger partial charge >= 0.3 is 0 Å². The van der Waals surface area contributed by atoms with Gasteiger partial charge in [-0.1, -0.05) is 85.3 Å². The molecule has 0 saturated heterocycles. The molecule has 0 atom stereocenters. The molecule has 0 aromatic carbocycles. The Morgan fingerprint density at radius 1 is 0.742 bits per heavy atom. The second-order valence-electron chi connectivity index (χ2n) is 6.72. The zero-order valence-corrected chi connectivity index (χ0v) is 23.0. The molecule has 1 nitrogen and oxygen atoms in total. The average Bonchev–Trinajstić information content (AvgIpc) is 2.85. The Labute approximate surface area is 196 Å². The summed E-state index contributed by atoms with van der Waals surface area (Å²) in [7, 11) is 0. The van der Waals surface area contributed by atoms with Crippen LogP contribution in [-0.4, -0.2) is 5.78 Å². The van der Waals surface area contributed by atoms with E-state index in [4.69, 9.17) is 0 Å². The molecule has 0 aromatic heterocycles. The Morgan fingerprint density at radius 2 is 1.23 bits per heavy atom. The van der Waals surface area contributed by atoms with E-state index in [-0.39, 0.29) is 5.78 Å². The minimum atomic E-state index is 0.178. The Kier molecular flexibility index (Phi) is 25.3. The van der Waals surface area contributed by atoms with Gasteiger partial charge in [-0.05, 0) is 89.4 Å². The largest absolute Gasteiger partial charge is 0.289 e. The summed E-state index contributed by atoms with van der Waals surface area (Å²) < 4.78 is 0. The Balaban J connectivity index is -0.000000879. The maximum absolute atomic E-state index is 13.1. The van der Waals surface area contributed by atoms with Crippen molar-refractivity contribution in [2.75, 3.05) is 0 Å². The summed E-state index contributed by atoms with van der Waals surface area (Å²) in [6.45, 7) is 26.3. The smallest absolute Gasteiger partial charge is 0.192 e. The topological polar surface area (TPSA) is 17.1 Å². The summed E-state index contributed by atoms with van der Waals surface area (Å²) in [5, 5.41) is 0. The monoisotopic (exact) mass is 430 g/mol. The van der Waals surface area contributed by atoms with Crippen LogP contribution in [0.3, 0.4) is 0 Å². The van der Waals surface area contributed by atoms with Crippen LogP contribution in [0.4, 0.5) is 0 Å². The molecule has 31 heavy (non-hydrogen) atoms. The lowest BCUT2D eigenvalue weighted by atomic mass is 9.83. The fraction of sp³-hybridized carbons (Fsp3) is 0.633. The first-order chi connectivity index (χ1) is 15.1. The molecular formula is C30H54O. The molecule has 1 heteroatoms. The molecule has 2 aliphatic carbocycles. The summed E-state index contributed by atoms with van der Waals surface area (Å²) in [5.74, 6) is 0.178. The van der Waals surface area contributed by atoms with Gasteiger partial charge in [0.2, 0.25) is 0 Å². The fourth-order valence-electron chi connectivity index (χ4n) is 3.65. The van der Waals surface area contributed by atoms with Crippen molar-refractivity contribution in [3.05, 3.63) is 58.2 Å². The number of carbonyl (C=O) groups is 1. The van der Waals surface area contributed by atoms with Crippen LogP contribution in [-0.2, 0) is 4.79 Å². The molecule has 180 valence electrons. The van der Waals surface area contributed by atoms with Crippen LogP contribution in [0.1, 0.15) is 128 Å². The number of Topliss-reactive ketones (excluding diaryl/α,β-unsaturated/α-hetero) is 1. The van der Waals surface area contributed by atoms with Crippen LogP contribution >= 0.6 is 0 Å². The first kappa shape index (κ1) is 34.0. The molecule has 2 aliphatic rings. The maximum atomic E-state index is 13.1. The van der Waals surface area contributed by atoms with E-state index in [1.165, 1.54) is 48.0 Å². The zero-order valence-electron chi connectivity index (χ0n) is 23.0. The van der Waals surface area contributed by atoms with Crippen LogP contribution in [0.15, 0.2) is 58.2 Å². The summed E-state index contributed by atoms with van der Waals surface area (Å²) in [5.41, 5.74) is 6.88. The molecule has 2 rings (SSSR count). The highest BCUT2D eigenvalue weighted by molar-refractivity contribution is 6.13. The van der Waals surface area contributed by atoms with Gasteiger partial charge in [-0.15, -0.1) is 0 Å². The highest BCUT2D eigenvalue weighted by Crippen LogP contribution is 2.33. The van der Waals surface area contributed by atoms with Crippen molar-refractivity contribution in [3.63, 3.8) is 0 Å². The van der Waals surface area contributed by atoms with E-state index in [9.17, 15) is 4.79 Å². The number of ketones is 1. The van der Waals surface area contributed by atoms with E-state index < -0.39 is 0 Å². The number of rotatable bonds is 4. The minimum absolute atomic E-state index is 0.178. The quantitative estimate of drug-likeness (QED) is 0.405. The minimum Gasteiger partial charge on any atom is -0.289 e. The number of allylic oxidation sites excluding steroid dienone is 9. The number of carbonyl (C=O) groups excluding carboxylic acids is 1. The number of hydrogen-bond acceptors (Lipinski definition) is 1. The maximum Gasteiger partial charge on any atom is 0.192 e. The molecule has 0 radical (unpaired) electrons. The van der Waals surface area contributed by atoms with Gasteiger partial charge in [-0.2, -0.15) is 0 Å². The van der Waals surface area contributed by atoms with Gasteiger partial charge in [-0.25, -0.2) is 0 Å². The molecule has 0 aliphatic heterocycles. The van der Waals surface area contributed by atoms with E-state index in [1.54, 1.807) is 0 Å². The van der Waals surface area contributed by atoms with Crippen LogP contribution in [0.25, 0.3) is 0 Å². The van der Waals surface area contributed by atoms with Crippen LogP contribution in [0.2, 0.25) is 0 Å². The van der Waals surface area contributed by atoms with Crippen molar-refractivity contribution >= 4 is 5.78 Å². The van der Waals surface area contributed by atoms with Crippen LogP contribution < -0.4 is 0 Å². The standard InChI is InChI=1S/C22H30O.4C2H6/c1-5-18(15-19-13-9-7-11-16(19)3)22(23)20(6-2)21-14-10-8-12-17(21)4;4*1-2/h5-6,15H,3,7-14H2,1-2,4H3;4*1-2H3/b18-5+,19-15-,20-6+;;;;. The Bertz CT molecular complexity index is 608. The van der Waals surface area contributed by atoms with E-state index in [2.05, 4.69) is 19.6 Å². The van der Waals surface area contributed by atoms with Crippen LogP contribution in [0, 0.1) is 0 Å². The number of hydrogen-bond donors (Lipinski definition) is 0. The normalized spacial score (nSPS) is 17.6. The Hall–Kier alpha value is -1.63. The molecule has 0 N–H and O–H groups in total. The predicted molar refractivity (Wildman–Crippen MR) is 145 cm³/mol. The lowest BCUT2D eigenvalue weighted by molar-refractivity contribution is -0.111. The first-order valence-electron chi connectivity index (χ1n) is 13.0. The zero-order chi connectivity index (χ0) is 24.8. The molecule has 1 saturated carbocycles.